The van der Waals surface area contributed by atoms with Crippen LogP contribution in [0.25, 0.3) is 38.9 Å². The Morgan fingerprint density at radius 2 is 1.78 bits per heavy atom. The summed E-state index contributed by atoms with van der Waals surface area (Å²) in [6, 6.07) is 17.0. The van der Waals surface area contributed by atoms with Gasteiger partial charge in [-0.15, -0.1) is 0 Å². The fourth-order valence-corrected chi connectivity index (χ4v) is 5.09. The molecule has 9 nitrogen and oxygen atoms in total. The van der Waals surface area contributed by atoms with Crippen LogP contribution < -0.4 is 15.0 Å². The molecule has 41 heavy (non-hydrogen) atoms. The fourth-order valence-electron chi connectivity index (χ4n) is 5.09. The summed E-state index contributed by atoms with van der Waals surface area (Å²) in [6.07, 6.45) is 0.208. The largest absolute Gasteiger partial charge is 0.478 e. The second-order valence-electron chi connectivity index (χ2n) is 10.0. The Morgan fingerprint density at radius 1 is 1.00 bits per heavy atom. The van der Waals surface area contributed by atoms with Crippen LogP contribution in [0.2, 0.25) is 0 Å². The number of likely N-dealkylation sites (tertiary alicyclic amines) is 1. The molecular weight excluding hydrogens is 532 g/mol. The second kappa shape index (κ2) is 10.9. The lowest BCUT2D eigenvalue weighted by molar-refractivity contribution is -0.0544. The first-order valence-electron chi connectivity index (χ1n) is 13.3. The number of likely N-dealkylation sites (N-methyl/N-ethyl adjacent to an activating group) is 1. The highest BCUT2D eigenvalue weighted by molar-refractivity contribution is 5.87. The molecule has 6 rings (SSSR count). The summed E-state index contributed by atoms with van der Waals surface area (Å²) in [5.74, 6) is 1.17. The van der Waals surface area contributed by atoms with Crippen molar-refractivity contribution in [1.82, 2.24) is 24.0 Å². The van der Waals surface area contributed by atoms with Gasteiger partial charge in [0.15, 0.2) is 5.65 Å². The quantitative estimate of drug-likeness (QED) is 0.256. The molecule has 1 saturated heterocycles. The van der Waals surface area contributed by atoms with E-state index in [9.17, 15) is 13.6 Å². The Hall–Kier alpha value is -4.35. The molecule has 0 unspecified atom stereocenters. The van der Waals surface area contributed by atoms with Crippen molar-refractivity contribution in [2.45, 2.75) is 26.2 Å². The smallest absolute Gasteiger partial charge is 0.387 e. The van der Waals surface area contributed by atoms with Gasteiger partial charge in [0.05, 0.1) is 29.4 Å². The lowest BCUT2D eigenvalue weighted by atomic mass is 10.0. The first-order chi connectivity index (χ1) is 19.8. The predicted octanol–water partition coefficient (Wildman–Crippen LogP) is 4.77. The van der Waals surface area contributed by atoms with Crippen LogP contribution in [0, 0.1) is 0 Å². The highest BCUT2D eigenvalue weighted by Gasteiger charge is 2.24. The molecule has 0 bridgehead atoms. The molecule has 212 valence electrons. The van der Waals surface area contributed by atoms with Gasteiger partial charge in [0.1, 0.15) is 18.2 Å². The van der Waals surface area contributed by atoms with Gasteiger partial charge in [-0.1, -0.05) is 6.07 Å². The number of hydrogen-bond donors (Lipinski definition) is 0. The fraction of sp³-hybridized carbons (Fsp3) is 0.300. The molecule has 11 heteroatoms. The lowest BCUT2D eigenvalue weighted by Crippen LogP contribution is -2.49. The molecule has 0 spiro atoms. The zero-order valence-corrected chi connectivity index (χ0v) is 22.9. The molecule has 2 aromatic carbocycles. The maximum absolute atomic E-state index is 14.1. The third-order valence-corrected chi connectivity index (χ3v) is 7.20. The Labute approximate surface area is 234 Å². The van der Waals surface area contributed by atoms with Crippen LogP contribution in [-0.2, 0) is 18.4 Å². The van der Waals surface area contributed by atoms with Crippen molar-refractivity contribution in [2.75, 3.05) is 26.7 Å². The number of benzene rings is 2. The molecule has 0 aliphatic carbocycles. The van der Waals surface area contributed by atoms with E-state index in [1.165, 1.54) is 16.7 Å². The summed E-state index contributed by atoms with van der Waals surface area (Å²) in [6.45, 7) is 1.53. The number of ether oxygens (including phenoxy) is 3. The molecular formula is C30H29F2N5O4. The van der Waals surface area contributed by atoms with E-state index in [1.807, 2.05) is 42.8 Å². The van der Waals surface area contributed by atoms with E-state index in [-0.39, 0.29) is 17.4 Å². The van der Waals surface area contributed by atoms with E-state index in [0.717, 1.165) is 29.9 Å². The molecule has 1 aliphatic rings. The Bertz CT molecular complexity index is 1780. The summed E-state index contributed by atoms with van der Waals surface area (Å²) in [5.41, 5.74) is 3.36. The SMILES string of the molecule is CCOc1ccc2cc(-c3ccc4nc(COC5CN(C)C5)n(C)c4c3)c(=O)n(-c3ccc(OC(F)F)cc3)c2n1. The van der Waals surface area contributed by atoms with Crippen molar-refractivity contribution < 1.29 is 23.0 Å². The van der Waals surface area contributed by atoms with E-state index >= 15 is 0 Å². The minimum atomic E-state index is -2.95. The number of imidazole rings is 1. The molecule has 0 saturated carbocycles. The molecule has 1 aliphatic heterocycles. The molecule has 0 radical (unpaired) electrons. The Balaban J connectivity index is 1.44. The topological polar surface area (TPSA) is 83.6 Å². The summed E-state index contributed by atoms with van der Waals surface area (Å²) < 4.78 is 44.9. The number of alkyl halides is 2. The van der Waals surface area contributed by atoms with Crippen LogP contribution in [0.15, 0.2) is 65.5 Å². The van der Waals surface area contributed by atoms with Gasteiger partial charge in [0.25, 0.3) is 5.56 Å². The van der Waals surface area contributed by atoms with Crippen LogP contribution in [0.5, 0.6) is 11.6 Å². The van der Waals surface area contributed by atoms with Gasteiger partial charge >= 0.3 is 6.61 Å². The zero-order chi connectivity index (χ0) is 28.7. The van der Waals surface area contributed by atoms with Crippen LogP contribution in [-0.4, -0.2) is 63.5 Å². The summed E-state index contributed by atoms with van der Waals surface area (Å²) in [7, 11) is 3.99. The zero-order valence-electron chi connectivity index (χ0n) is 22.9. The first-order valence-corrected chi connectivity index (χ1v) is 13.3. The average Bonchev–Trinajstić information content (AvgIpc) is 3.25. The molecule has 5 aromatic rings. The average molecular weight is 562 g/mol. The highest BCUT2D eigenvalue weighted by Crippen LogP contribution is 2.28. The van der Waals surface area contributed by atoms with Crippen molar-refractivity contribution in [3.05, 3.63) is 76.8 Å². The van der Waals surface area contributed by atoms with Crippen molar-refractivity contribution in [2.24, 2.45) is 7.05 Å². The van der Waals surface area contributed by atoms with E-state index in [1.54, 1.807) is 24.3 Å². The second-order valence-corrected chi connectivity index (χ2v) is 10.0. The number of hydrogen-bond acceptors (Lipinski definition) is 7. The van der Waals surface area contributed by atoms with Gasteiger partial charge in [-0.2, -0.15) is 13.8 Å². The van der Waals surface area contributed by atoms with Gasteiger partial charge in [-0.25, -0.2) is 4.98 Å². The number of fused-ring (bicyclic) bond motifs is 2. The van der Waals surface area contributed by atoms with Crippen LogP contribution >= 0.6 is 0 Å². The Morgan fingerprint density at radius 3 is 2.49 bits per heavy atom. The van der Waals surface area contributed by atoms with Crippen molar-refractivity contribution in [1.29, 1.82) is 0 Å². The number of halogens is 2. The van der Waals surface area contributed by atoms with Crippen molar-refractivity contribution >= 4 is 22.1 Å². The minimum absolute atomic E-state index is 0.00834. The number of nitrogens with zero attached hydrogens (tertiary/aromatic N) is 5. The van der Waals surface area contributed by atoms with Gasteiger partial charge in [-0.3, -0.25) is 9.36 Å². The van der Waals surface area contributed by atoms with Gasteiger partial charge in [0, 0.05) is 37.2 Å². The maximum Gasteiger partial charge on any atom is 0.387 e. The van der Waals surface area contributed by atoms with Crippen LogP contribution in [0.4, 0.5) is 8.78 Å². The van der Waals surface area contributed by atoms with Crippen molar-refractivity contribution in [3.8, 4) is 28.4 Å². The van der Waals surface area contributed by atoms with Gasteiger partial charge in [-0.05, 0) is 68.1 Å². The Kier molecular flexibility index (Phi) is 7.14. The van der Waals surface area contributed by atoms with Gasteiger partial charge in [0.2, 0.25) is 5.88 Å². The standard InChI is InChI=1S/C30H29F2N5O4/c1-4-39-27-12-6-19-13-23(29(38)37(28(19)34-27)20-7-9-21(10-8-20)41-30(31)32)18-5-11-24-25(14-18)36(3)26(33-24)17-40-22-15-35(2)16-22/h5-14,22,30H,4,15-17H2,1-3H3. The van der Waals surface area contributed by atoms with E-state index in [0.29, 0.717) is 46.9 Å². The van der Waals surface area contributed by atoms with E-state index in [2.05, 4.69) is 21.7 Å². The predicted molar refractivity (Wildman–Crippen MR) is 151 cm³/mol. The van der Waals surface area contributed by atoms with Crippen LogP contribution in [0.3, 0.4) is 0 Å². The number of aryl methyl sites for hydroxylation is 1. The third-order valence-electron chi connectivity index (χ3n) is 7.20. The molecule has 0 amide bonds. The molecule has 0 atom stereocenters. The summed E-state index contributed by atoms with van der Waals surface area (Å²) in [5, 5.41) is 0.709. The third kappa shape index (κ3) is 5.25. The number of aromatic nitrogens is 4. The summed E-state index contributed by atoms with van der Waals surface area (Å²) in [4.78, 5) is 25.6. The maximum atomic E-state index is 14.1. The van der Waals surface area contributed by atoms with Crippen molar-refractivity contribution in [3.63, 3.8) is 0 Å². The molecule has 0 N–H and O–H groups in total. The lowest BCUT2D eigenvalue weighted by Gasteiger charge is -2.35. The van der Waals surface area contributed by atoms with E-state index in [4.69, 9.17) is 14.5 Å². The number of rotatable bonds is 9. The normalized spacial score (nSPS) is 14.2. The van der Waals surface area contributed by atoms with E-state index < -0.39 is 6.61 Å². The summed E-state index contributed by atoms with van der Waals surface area (Å²) >= 11 is 0. The minimum Gasteiger partial charge on any atom is -0.478 e. The monoisotopic (exact) mass is 561 g/mol. The molecule has 4 heterocycles. The van der Waals surface area contributed by atoms with Crippen LogP contribution in [0.1, 0.15) is 12.7 Å². The molecule has 1 fully saturated rings. The first kappa shape index (κ1) is 26.9. The molecule has 3 aromatic heterocycles. The van der Waals surface area contributed by atoms with Gasteiger partial charge < -0.3 is 23.7 Å². The number of pyridine rings is 2. The highest BCUT2D eigenvalue weighted by atomic mass is 19.3.